The molecule has 0 aromatic heterocycles. The fourth-order valence-electron chi connectivity index (χ4n) is 5.18. The van der Waals surface area contributed by atoms with Gasteiger partial charge in [-0.25, -0.2) is 0 Å². The molecule has 2 heterocycles. The third-order valence-electron chi connectivity index (χ3n) is 6.48. The normalized spacial score (nSPS) is 25.2. The van der Waals surface area contributed by atoms with Gasteiger partial charge < -0.3 is 15.3 Å². The number of para-hydroxylation sites is 1. The first-order valence-corrected chi connectivity index (χ1v) is 10.4. The molecular formula is C24H28N2O3. The topological polar surface area (TPSA) is 69.6 Å². The summed E-state index contributed by atoms with van der Waals surface area (Å²) in [6, 6.07) is 19.7. The number of fused-ring (bicyclic) bond motifs is 2. The van der Waals surface area contributed by atoms with Gasteiger partial charge in [-0.1, -0.05) is 48.5 Å². The van der Waals surface area contributed by atoms with E-state index in [2.05, 4.69) is 17.4 Å². The van der Waals surface area contributed by atoms with Gasteiger partial charge in [-0.3, -0.25) is 9.59 Å². The molecule has 29 heavy (non-hydrogen) atoms. The van der Waals surface area contributed by atoms with Gasteiger partial charge in [0.25, 0.3) is 0 Å². The molecule has 2 bridgehead atoms. The summed E-state index contributed by atoms with van der Waals surface area (Å²) in [5.41, 5.74) is 1.67. The number of carbonyl (C=O) groups is 2. The molecule has 2 N–H and O–H groups in total. The molecule has 5 nitrogen and oxygen atoms in total. The highest BCUT2D eigenvalue weighted by molar-refractivity contribution is 5.93. The average molecular weight is 392 g/mol. The number of benzene rings is 2. The van der Waals surface area contributed by atoms with E-state index in [1.807, 2.05) is 53.4 Å². The minimum Gasteiger partial charge on any atom is -0.396 e. The van der Waals surface area contributed by atoms with Crippen molar-refractivity contribution in [3.63, 3.8) is 0 Å². The van der Waals surface area contributed by atoms with Crippen molar-refractivity contribution in [3.05, 3.63) is 66.2 Å². The molecular weight excluding hydrogens is 364 g/mol. The molecule has 2 aromatic rings. The second kappa shape index (κ2) is 8.37. The second-order valence-corrected chi connectivity index (χ2v) is 8.35. The Labute approximate surface area is 171 Å². The number of hydrogen-bond acceptors (Lipinski definition) is 3. The standard InChI is InChI=1S/C24H28N2O3/c27-17-24(15-18-7-3-1-4-8-18)16-20-11-12-21(24)26(20)23(29)14-13-22(28)25-19-9-5-2-6-10-19/h1-10,20-21,27H,11-17H2,(H,25,28)/t20-,21+,24-/m1/s1. The summed E-state index contributed by atoms with van der Waals surface area (Å²) >= 11 is 0. The lowest BCUT2D eigenvalue weighted by atomic mass is 9.70. The Morgan fingerprint density at radius 2 is 1.69 bits per heavy atom. The first-order valence-electron chi connectivity index (χ1n) is 10.4. The van der Waals surface area contributed by atoms with E-state index < -0.39 is 0 Å². The minimum atomic E-state index is -0.272. The number of aliphatic hydroxyl groups is 1. The minimum absolute atomic E-state index is 0.0316. The summed E-state index contributed by atoms with van der Waals surface area (Å²) in [5, 5.41) is 13.1. The monoisotopic (exact) mass is 392 g/mol. The maximum Gasteiger partial charge on any atom is 0.224 e. The van der Waals surface area contributed by atoms with Gasteiger partial charge in [-0.15, -0.1) is 0 Å². The van der Waals surface area contributed by atoms with Crippen LogP contribution in [-0.2, 0) is 16.0 Å². The molecule has 152 valence electrons. The number of anilines is 1. The number of nitrogens with zero attached hydrogens (tertiary/aromatic N) is 1. The van der Waals surface area contributed by atoms with Gasteiger partial charge in [0, 0.05) is 36.0 Å². The molecule has 3 atom stereocenters. The highest BCUT2D eigenvalue weighted by Gasteiger charge is 2.56. The Morgan fingerprint density at radius 3 is 2.38 bits per heavy atom. The molecule has 0 spiro atoms. The molecule has 5 heteroatoms. The Balaban J connectivity index is 1.38. The SMILES string of the molecule is O=C(CCC(=O)N1[C@@H]2CC[C@H]1[C@](CO)(Cc1ccccc1)C2)Nc1ccccc1. The van der Waals surface area contributed by atoms with Crippen LogP contribution < -0.4 is 5.32 Å². The van der Waals surface area contributed by atoms with E-state index >= 15 is 0 Å². The van der Waals surface area contributed by atoms with Crippen LogP contribution >= 0.6 is 0 Å². The molecule has 2 saturated heterocycles. The van der Waals surface area contributed by atoms with E-state index in [1.165, 1.54) is 5.56 Å². The van der Waals surface area contributed by atoms with Crippen LogP contribution in [0.3, 0.4) is 0 Å². The van der Waals surface area contributed by atoms with E-state index in [-0.39, 0.29) is 48.8 Å². The molecule has 0 unspecified atom stereocenters. The lowest BCUT2D eigenvalue weighted by Crippen LogP contribution is -2.44. The van der Waals surface area contributed by atoms with Gasteiger partial charge >= 0.3 is 0 Å². The fraction of sp³-hybridized carbons (Fsp3) is 0.417. The van der Waals surface area contributed by atoms with Crippen molar-refractivity contribution < 1.29 is 14.7 Å². The highest BCUT2D eigenvalue weighted by Crippen LogP contribution is 2.51. The van der Waals surface area contributed by atoms with Crippen molar-refractivity contribution >= 4 is 17.5 Å². The molecule has 4 rings (SSSR count). The third kappa shape index (κ3) is 4.06. The van der Waals surface area contributed by atoms with Gasteiger partial charge in [-0.05, 0) is 43.4 Å². The van der Waals surface area contributed by atoms with E-state index in [4.69, 9.17) is 0 Å². The maximum absolute atomic E-state index is 13.0. The first-order chi connectivity index (χ1) is 14.1. The Hall–Kier alpha value is -2.66. The Kier molecular flexibility index (Phi) is 5.67. The highest BCUT2D eigenvalue weighted by atomic mass is 16.3. The van der Waals surface area contributed by atoms with E-state index in [0.717, 1.165) is 31.4 Å². The summed E-state index contributed by atoms with van der Waals surface area (Å²) in [5.74, 6) is -0.113. The van der Waals surface area contributed by atoms with Crippen LogP contribution in [0.15, 0.2) is 60.7 Å². The van der Waals surface area contributed by atoms with E-state index in [0.29, 0.717) is 0 Å². The molecule has 2 fully saturated rings. The van der Waals surface area contributed by atoms with Crippen molar-refractivity contribution in [3.8, 4) is 0 Å². The predicted molar refractivity (Wildman–Crippen MR) is 112 cm³/mol. The summed E-state index contributed by atoms with van der Waals surface area (Å²) in [4.78, 5) is 27.2. The zero-order valence-corrected chi connectivity index (χ0v) is 16.6. The maximum atomic E-state index is 13.0. The fourth-order valence-corrected chi connectivity index (χ4v) is 5.18. The number of nitrogens with one attached hydrogen (secondary N) is 1. The third-order valence-corrected chi connectivity index (χ3v) is 6.48. The summed E-state index contributed by atoms with van der Waals surface area (Å²) in [7, 11) is 0. The summed E-state index contributed by atoms with van der Waals surface area (Å²) in [6.45, 7) is 0.0847. The van der Waals surface area contributed by atoms with Crippen molar-refractivity contribution in [1.29, 1.82) is 0 Å². The smallest absolute Gasteiger partial charge is 0.224 e. The number of hydrogen-bond donors (Lipinski definition) is 2. The lowest BCUT2D eigenvalue weighted by molar-refractivity contribution is -0.134. The van der Waals surface area contributed by atoms with Gasteiger partial charge in [-0.2, -0.15) is 0 Å². The number of rotatable bonds is 7. The van der Waals surface area contributed by atoms with Crippen LogP contribution in [0, 0.1) is 5.41 Å². The van der Waals surface area contributed by atoms with Crippen LogP contribution in [0.1, 0.15) is 37.7 Å². The molecule has 2 amide bonds. The molecule has 0 radical (unpaired) electrons. The van der Waals surface area contributed by atoms with Crippen LogP contribution in [0.25, 0.3) is 0 Å². The predicted octanol–water partition coefficient (Wildman–Crippen LogP) is 3.39. The van der Waals surface area contributed by atoms with Gasteiger partial charge in [0.1, 0.15) is 0 Å². The molecule has 0 saturated carbocycles. The van der Waals surface area contributed by atoms with Crippen molar-refractivity contribution in [2.75, 3.05) is 11.9 Å². The average Bonchev–Trinajstić information content (AvgIpc) is 3.30. The Bertz CT molecular complexity index is 855. The lowest BCUT2D eigenvalue weighted by Gasteiger charge is -2.36. The van der Waals surface area contributed by atoms with E-state index in [9.17, 15) is 14.7 Å². The zero-order chi connectivity index (χ0) is 20.3. The first kappa shape index (κ1) is 19.6. The molecule has 2 aliphatic rings. The number of carbonyl (C=O) groups excluding carboxylic acids is 2. The van der Waals surface area contributed by atoms with Crippen LogP contribution in [0.5, 0.6) is 0 Å². The van der Waals surface area contributed by atoms with Gasteiger partial charge in [0.2, 0.25) is 11.8 Å². The van der Waals surface area contributed by atoms with Crippen molar-refractivity contribution in [2.45, 2.75) is 50.6 Å². The quantitative estimate of drug-likeness (QED) is 0.759. The summed E-state index contributed by atoms with van der Waals surface area (Å²) in [6.07, 6.45) is 3.92. The van der Waals surface area contributed by atoms with E-state index in [1.54, 1.807) is 0 Å². The van der Waals surface area contributed by atoms with Crippen LogP contribution in [-0.4, -0.2) is 40.5 Å². The van der Waals surface area contributed by atoms with Crippen LogP contribution in [0.2, 0.25) is 0 Å². The second-order valence-electron chi connectivity index (χ2n) is 8.35. The van der Waals surface area contributed by atoms with Gasteiger partial charge in [0.15, 0.2) is 0 Å². The van der Waals surface area contributed by atoms with Crippen LogP contribution in [0.4, 0.5) is 5.69 Å². The van der Waals surface area contributed by atoms with Crippen molar-refractivity contribution in [2.24, 2.45) is 5.41 Å². The zero-order valence-electron chi connectivity index (χ0n) is 16.6. The summed E-state index contributed by atoms with van der Waals surface area (Å²) < 4.78 is 0. The number of aliphatic hydroxyl groups excluding tert-OH is 1. The molecule has 0 aliphatic carbocycles. The van der Waals surface area contributed by atoms with Crippen molar-refractivity contribution in [1.82, 2.24) is 4.90 Å². The van der Waals surface area contributed by atoms with Gasteiger partial charge in [0.05, 0.1) is 6.61 Å². The largest absolute Gasteiger partial charge is 0.396 e. The number of amides is 2. The Morgan fingerprint density at radius 1 is 1.00 bits per heavy atom. The molecule has 2 aromatic carbocycles. The molecule has 2 aliphatic heterocycles.